The molecule has 0 aliphatic rings. The van der Waals surface area contributed by atoms with Gasteiger partial charge < -0.3 is 9.30 Å². The van der Waals surface area contributed by atoms with Gasteiger partial charge in [-0.2, -0.15) is 5.10 Å². The number of carbonyl (C=O) groups is 1. The van der Waals surface area contributed by atoms with E-state index < -0.39 is 17.2 Å². The third kappa shape index (κ3) is 4.09. The molecule has 0 radical (unpaired) electrons. The van der Waals surface area contributed by atoms with E-state index in [0.717, 1.165) is 17.5 Å². The third-order valence-electron chi connectivity index (χ3n) is 4.65. The molecule has 0 amide bonds. The summed E-state index contributed by atoms with van der Waals surface area (Å²) >= 11 is 0. The fourth-order valence-corrected chi connectivity index (χ4v) is 3.13. The van der Waals surface area contributed by atoms with E-state index in [9.17, 15) is 19.2 Å². The second-order valence-electron chi connectivity index (χ2n) is 6.87. The lowest BCUT2D eigenvalue weighted by Gasteiger charge is -2.08. The quantitative estimate of drug-likeness (QED) is 0.530. The van der Waals surface area contributed by atoms with Crippen LogP contribution < -0.4 is 16.8 Å². The first-order valence-electron chi connectivity index (χ1n) is 9.81. The Balaban J connectivity index is 1.99. The summed E-state index contributed by atoms with van der Waals surface area (Å²) in [6.45, 7) is 4.63. The highest BCUT2D eigenvalue weighted by molar-refractivity contribution is 5.86. The van der Waals surface area contributed by atoms with E-state index in [2.05, 4.69) is 15.1 Å². The van der Waals surface area contributed by atoms with Crippen molar-refractivity contribution in [3.63, 3.8) is 0 Å². The summed E-state index contributed by atoms with van der Waals surface area (Å²) in [6.07, 6.45) is 2.34. The van der Waals surface area contributed by atoms with Gasteiger partial charge in [0.25, 0.3) is 11.1 Å². The minimum absolute atomic E-state index is 0.0204. The minimum Gasteiger partial charge on any atom is -0.453 e. The number of esters is 1. The Morgan fingerprint density at radius 3 is 2.53 bits per heavy atom. The number of aryl methyl sites for hydroxylation is 3. The normalized spacial score (nSPS) is 11.2. The first-order chi connectivity index (χ1) is 14.4. The molecule has 1 N–H and O–H groups in total. The largest absolute Gasteiger partial charge is 0.453 e. The lowest BCUT2D eigenvalue weighted by atomic mass is 10.3. The number of rotatable bonds is 8. The highest BCUT2D eigenvalue weighted by Crippen LogP contribution is 2.14. The molecule has 0 atom stereocenters. The summed E-state index contributed by atoms with van der Waals surface area (Å²) in [5.74, 6) is -0.371. The van der Waals surface area contributed by atoms with Gasteiger partial charge >= 0.3 is 11.7 Å². The summed E-state index contributed by atoms with van der Waals surface area (Å²) < 4.78 is 9.45. The summed E-state index contributed by atoms with van der Waals surface area (Å²) in [6, 6.07) is 2.51. The number of hydrogen-bond donors (Lipinski definition) is 1. The molecule has 160 valence electrons. The smallest absolute Gasteiger partial charge is 0.359 e. The van der Waals surface area contributed by atoms with Crippen molar-refractivity contribution >= 4 is 17.1 Å². The molecule has 11 heteroatoms. The molecule has 11 nitrogen and oxygen atoms in total. The van der Waals surface area contributed by atoms with Gasteiger partial charge in [-0.15, -0.1) is 0 Å². The maximum Gasteiger partial charge on any atom is 0.359 e. The highest BCUT2D eigenvalue weighted by Gasteiger charge is 2.20. The van der Waals surface area contributed by atoms with E-state index in [1.807, 2.05) is 13.8 Å². The molecule has 3 rings (SSSR count). The number of unbranched alkanes of at least 4 members (excludes halogenated alkanes) is 1. The number of aromatic amines is 1. The predicted molar refractivity (Wildman–Crippen MR) is 108 cm³/mol. The third-order valence-corrected chi connectivity index (χ3v) is 4.65. The van der Waals surface area contributed by atoms with Crippen LogP contribution in [0.5, 0.6) is 0 Å². The fourth-order valence-electron chi connectivity index (χ4n) is 3.13. The van der Waals surface area contributed by atoms with E-state index in [-0.39, 0.29) is 29.0 Å². The van der Waals surface area contributed by atoms with E-state index in [1.54, 1.807) is 4.57 Å². The maximum absolute atomic E-state index is 12.5. The molecule has 0 fully saturated rings. The van der Waals surface area contributed by atoms with Crippen molar-refractivity contribution in [3.8, 4) is 0 Å². The van der Waals surface area contributed by atoms with Crippen LogP contribution in [0.1, 0.15) is 49.4 Å². The van der Waals surface area contributed by atoms with Crippen LogP contribution in [-0.4, -0.2) is 34.9 Å². The van der Waals surface area contributed by atoms with Crippen LogP contribution in [0.3, 0.4) is 0 Å². The molecule has 3 heterocycles. The number of hydrogen-bond acceptors (Lipinski definition) is 7. The van der Waals surface area contributed by atoms with Crippen molar-refractivity contribution in [1.82, 2.24) is 28.9 Å². The van der Waals surface area contributed by atoms with Crippen molar-refractivity contribution < 1.29 is 9.53 Å². The topological polar surface area (TPSA) is 134 Å². The molecular weight excluding hydrogens is 392 g/mol. The van der Waals surface area contributed by atoms with Gasteiger partial charge in [0.05, 0.1) is 0 Å². The number of nitrogens with one attached hydrogen (secondary N) is 1. The van der Waals surface area contributed by atoms with Gasteiger partial charge in [0, 0.05) is 26.2 Å². The van der Waals surface area contributed by atoms with Crippen LogP contribution in [0.2, 0.25) is 0 Å². The van der Waals surface area contributed by atoms with Crippen molar-refractivity contribution in [2.24, 2.45) is 7.05 Å². The minimum atomic E-state index is -0.724. The second kappa shape index (κ2) is 8.89. The van der Waals surface area contributed by atoms with E-state index in [1.165, 1.54) is 23.7 Å². The summed E-state index contributed by atoms with van der Waals surface area (Å²) in [4.78, 5) is 55.3. The maximum atomic E-state index is 12.5. The number of carbonyl (C=O) groups excluding carboxylic acids is 1. The van der Waals surface area contributed by atoms with E-state index in [4.69, 9.17) is 4.74 Å². The molecule has 0 spiro atoms. The number of ether oxygens (including phenoxy) is 1. The van der Waals surface area contributed by atoms with Crippen LogP contribution in [0.4, 0.5) is 0 Å². The Bertz CT molecular complexity index is 1250. The van der Waals surface area contributed by atoms with Crippen LogP contribution in [-0.2, 0) is 31.5 Å². The van der Waals surface area contributed by atoms with Gasteiger partial charge in [-0.05, 0) is 18.9 Å². The first kappa shape index (κ1) is 21.2. The van der Waals surface area contributed by atoms with Gasteiger partial charge in [0.15, 0.2) is 16.9 Å². The zero-order valence-corrected chi connectivity index (χ0v) is 17.2. The van der Waals surface area contributed by atoms with Crippen molar-refractivity contribution in [2.75, 3.05) is 0 Å². The zero-order valence-electron chi connectivity index (χ0n) is 17.2. The monoisotopic (exact) mass is 416 g/mol. The average molecular weight is 416 g/mol. The lowest BCUT2D eigenvalue weighted by molar-refractivity contribution is 0.0448. The highest BCUT2D eigenvalue weighted by atomic mass is 16.5. The number of fused-ring (bicyclic) bond motifs is 1. The molecule has 3 aromatic heterocycles. The second-order valence-corrected chi connectivity index (χ2v) is 6.87. The molecule has 3 aromatic rings. The fraction of sp³-hybridized carbons (Fsp3) is 0.474. The van der Waals surface area contributed by atoms with E-state index in [0.29, 0.717) is 25.3 Å². The van der Waals surface area contributed by atoms with Crippen molar-refractivity contribution in [3.05, 3.63) is 54.8 Å². The predicted octanol–water partition coefficient (Wildman–Crippen LogP) is 0.547. The van der Waals surface area contributed by atoms with Gasteiger partial charge in [0.1, 0.15) is 12.4 Å². The Kier molecular flexibility index (Phi) is 6.28. The molecule has 0 saturated carbocycles. The zero-order chi connectivity index (χ0) is 21.8. The Labute approximate surface area is 170 Å². The molecule has 0 bridgehead atoms. The van der Waals surface area contributed by atoms with Gasteiger partial charge in [-0.1, -0.05) is 20.3 Å². The molecule has 0 aliphatic heterocycles. The molecule has 0 aromatic carbocycles. The van der Waals surface area contributed by atoms with Crippen LogP contribution in [0, 0.1) is 0 Å². The SMILES string of the molecule is CCCCn1c(=O)[nH]c(=O)c2c1nc(COC(=O)c1ccc(=O)n(C)n1)n2CCC. The number of H-pyrrole nitrogens is 1. The van der Waals surface area contributed by atoms with Gasteiger partial charge in [-0.25, -0.2) is 19.3 Å². The molecule has 0 saturated heterocycles. The van der Waals surface area contributed by atoms with Crippen LogP contribution in [0.25, 0.3) is 11.2 Å². The standard InChI is InChI=1S/C19H24N6O5/c1-4-6-10-25-16-15(17(27)21-19(25)29)24(9-5-2)13(20-16)11-30-18(28)12-7-8-14(26)23(3)22-12/h7-8H,4-6,9-11H2,1-3H3,(H,21,27,29). The average Bonchev–Trinajstić information content (AvgIpc) is 3.07. The number of imidazole rings is 1. The van der Waals surface area contributed by atoms with Gasteiger partial charge in [-0.3, -0.25) is 19.1 Å². The van der Waals surface area contributed by atoms with Crippen LogP contribution >= 0.6 is 0 Å². The lowest BCUT2D eigenvalue weighted by Crippen LogP contribution is -2.31. The summed E-state index contributed by atoms with van der Waals surface area (Å²) in [5.41, 5.74) is -0.856. The molecule has 0 unspecified atom stereocenters. The number of nitrogens with zero attached hydrogens (tertiary/aromatic N) is 5. The van der Waals surface area contributed by atoms with Gasteiger partial charge in [0.2, 0.25) is 0 Å². The van der Waals surface area contributed by atoms with Crippen molar-refractivity contribution in [1.29, 1.82) is 0 Å². The van der Waals surface area contributed by atoms with Crippen molar-refractivity contribution in [2.45, 2.75) is 52.8 Å². The molecule has 0 aliphatic carbocycles. The molecular formula is C19H24N6O5. The summed E-state index contributed by atoms with van der Waals surface area (Å²) in [5, 5.41) is 3.86. The number of aromatic nitrogens is 6. The van der Waals surface area contributed by atoms with E-state index >= 15 is 0 Å². The Hall–Kier alpha value is -3.50. The first-order valence-corrected chi connectivity index (χ1v) is 9.81. The van der Waals surface area contributed by atoms with Crippen LogP contribution in [0.15, 0.2) is 26.5 Å². The Morgan fingerprint density at radius 2 is 1.87 bits per heavy atom. The Morgan fingerprint density at radius 1 is 1.10 bits per heavy atom. The molecule has 30 heavy (non-hydrogen) atoms. The summed E-state index contributed by atoms with van der Waals surface area (Å²) in [7, 11) is 1.43.